The van der Waals surface area contributed by atoms with Gasteiger partial charge in [0.05, 0.1) is 18.6 Å². The SMILES string of the molecule is CCC[C@@H](C)c1c(-c2ccccc2)ncn1Cc1ncc[nH]1. The lowest BCUT2D eigenvalue weighted by Gasteiger charge is -2.16. The van der Waals surface area contributed by atoms with Gasteiger partial charge >= 0.3 is 0 Å². The van der Waals surface area contributed by atoms with E-state index in [9.17, 15) is 0 Å². The average Bonchev–Trinajstić information content (AvgIpc) is 3.18. The van der Waals surface area contributed by atoms with Crippen molar-refractivity contribution < 1.29 is 0 Å². The van der Waals surface area contributed by atoms with Gasteiger partial charge in [0.15, 0.2) is 0 Å². The molecule has 2 heterocycles. The highest BCUT2D eigenvalue weighted by Gasteiger charge is 2.18. The first-order valence-corrected chi connectivity index (χ1v) is 7.88. The van der Waals surface area contributed by atoms with Crippen molar-refractivity contribution in [3.05, 3.63) is 60.6 Å². The summed E-state index contributed by atoms with van der Waals surface area (Å²) in [5.41, 5.74) is 3.57. The zero-order valence-electron chi connectivity index (χ0n) is 13.2. The summed E-state index contributed by atoms with van der Waals surface area (Å²) in [5.74, 6) is 1.43. The van der Waals surface area contributed by atoms with Crippen LogP contribution >= 0.6 is 0 Å². The third kappa shape index (κ3) is 2.96. The van der Waals surface area contributed by atoms with E-state index in [1.165, 1.54) is 17.7 Å². The first-order chi connectivity index (χ1) is 10.8. The van der Waals surface area contributed by atoms with Crippen LogP contribution in [0.4, 0.5) is 0 Å². The van der Waals surface area contributed by atoms with Crippen molar-refractivity contribution >= 4 is 0 Å². The molecule has 3 rings (SSSR count). The lowest BCUT2D eigenvalue weighted by atomic mass is 9.97. The van der Waals surface area contributed by atoms with Crippen LogP contribution in [0.25, 0.3) is 11.3 Å². The largest absolute Gasteiger partial charge is 0.347 e. The Morgan fingerprint density at radius 1 is 1.18 bits per heavy atom. The minimum Gasteiger partial charge on any atom is -0.347 e. The average molecular weight is 294 g/mol. The van der Waals surface area contributed by atoms with Crippen molar-refractivity contribution in [3.8, 4) is 11.3 Å². The highest BCUT2D eigenvalue weighted by molar-refractivity contribution is 5.62. The summed E-state index contributed by atoms with van der Waals surface area (Å²) in [5, 5.41) is 0. The van der Waals surface area contributed by atoms with E-state index in [2.05, 4.69) is 52.6 Å². The molecule has 0 bridgehead atoms. The molecule has 0 amide bonds. The predicted octanol–water partition coefficient (Wildman–Crippen LogP) is 4.23. The number of nitrogens with one attached hydrogen (secondary N) is 1. The molecule has 0 aliphatic carbocycles. The zero-order valence-corrected chi connectivity index (χ0v) is 13.2. The van der Waals surface area contributed by atoms with Gasteiger partial charge in [0.2, 0.25) is 0 Å². The minimum atomic E-state index is 0.470. The van der Waals surface area contributed by atoms with Gasteiger partial charge in [-0.25, -0.2) is 9.97 Å². The molecule has 1 atom stereocenters. The minimum absolute atomic E-state index is 0.470. The molecule has 1 aromatic carbocycles. The first kappa shape index (κ1) is 14.6. The summed E-state index contributed by atoms with van der Waals surface area (Å²) in [6, 6.07) is 10.4. The van der Waals surface area contributed by atoms with Crippen LogP contribution in [0.15, 0.2) is 49.1 Å². The second-order valence-electron chi connectivity index (χ2n) is 5.70. The Morgan fingerprint density at radius 3 is 2.68 bits per heavy atom. The van der Waals surface area contributed by atoms with E-state index in [4.69, 9.17) is 4.98 Å². The van der Waals surface area contributed by atoms with Gasteiger partial charge in [0, 0.05) is 23.7 Å². The van der Waals surface area contributed by atoms with Crippen LogP contribution in [0.2, 0.25) is 0 Å². The summed E-state index contributed by atoms with van der Waals surface area (Å²) in [7, 11) is 0. The van der Waals surface area contributed by atoms with Gasteiger partial charge in [-0.2, -0.15) is 0 Å². The second-order valence-corrected chi connectivity index (χ2v) is 5.70. The van der Waals surface area contributed by atoms with Crippen LogP contribution in [-0.2, 0) is 6.54 Å². The molecular formula is C18H22N4. The van der Waals surface area contributed by atoms with E-state index >= 15 is 0 Å². The van der Waals surface area contributed by atoms with Crippen LogP contribution in [0, 0.1) is 0 Å². The van der Waals surface area contributed by atoms with Crippen molar-refractivity contribution in [1.82, 2.24) is 19.5 Å². The molecule has 1 N–H and O–H groups in total. The molecule has 3 aromatic rings. The molecule has 114 valence electrons. The van der Waals surface area contributed by atoms with Gasteiger partial charge < -0.3 is 9.55 Å². The topological polar surface area (TPSA) is 46.5 Å². The van der Waals surface area contributed by atoms with Crippen molar-refractivity contribution in [1.29, 1.82) is 0 Å². The van der Waals surface area contributed by atoms with Gasteiger partial charge in [-0.1, -0.05) is 50.6 Å². The van der Waals surface area contributed by atoms with Crippen LogP contribution in [0.1, 0.15) is 44.1 Å². The highest BCUT2D eigenvalue weighted by Crippen LogP contribution is 2.31. The van der Waals surface area contributed by atoms with Gasteiger partial charge in [-0.05, 0) is 12.3 Å². The molecule has 0 saturated heterocycles. The van der Waals surface area contributed by atoms with Gasteiger partial charge in [-0.15, -0.1) is 0 Å². The number of rotatable bonds is 6. The highest BCUT2D eigenvalue weighted by atomic mass is 15.1. The fourth-order valence-electron chi connectivity index (χ4n) is 2.97. The number of H-pyrrole nitrogens is 1. The maximum absolute atomic E-state index is 4.69. The summed E-state index contributed by atoms with van der Waals surface area (Å²) < 4.78 is 2.22. The van der Waals surface area contributed by atoms with Crippen LogP contribution < -0.4 is 0 Å². The molecule has 0 saturated carbocycles. The molecule has 0 spiro atoms. The zero-order chi connectivity index (χ0) is 15.4. The van der Waals surface area contributed by atoms with Crippen molar-refractivity contribution in [2.75, 3.05) is 0 Å². The number of aromatic amines is 1. The number of nitrogens with zero attached hydrogens (tertiary/aromatic N) is 3. The lowest BCUT2D eigenvalue weighted by molar-refractivity contribution is 0.599. The van der Waals surface area contributed by atoms with Gasteiger partial charge in [0.25, 0.3) is 0 Å². The Balaban J connectivity index is 2.01. The number of aromatic nitrogens is 4. The molecule has 0 radical (unpaired) electrons. The summed E-state index contributed by atoms with van der Waals surface area (Å²) in [6.45, 7) is 5.24. The number of hydrogen-bond acceptors (Lipinski definition) is 2. The smallest absolute Gasteiger partial charge is 0.126 e. The summed E-state index contributed by atoms with van der Waals surface area (Å²) in [6.07, 6.45) is 7.91. The summed E-state index contributed by atoms with van der Waals surface area (Å²) >= 11 is 0. The monoisotopic (exact) mass is 294 g/mol. The Hall–Kier alpha value is -2.36. The lowest BCUT2D eigenvalue weighted by Crippen LogP contribution is -2.08. The van der Waals surface area contributed by atoms with Crippen LogP contribution in [-0.4, -0.2) is 19.5 Å². The third-order valence-electron chi connectivity index (χ3n) is 3.99. The van der Waals surface area contributed by atoms with E-state index in [1.54, 1.807) is 6.20 Å². The Morgan fingerprint density at radius 2 is 2.00 bits per heavy atom. The van der Waals surface area contributed by atoms with Crippen molar-refractivity contribution in [2.45, 2.75) is 39.2 Å². The normalized spacial score (nSPS) is 12.5. The third-order valence-corrected chi connectivity index (χ3v) is 3.99. The van der Waals surface area contributed by atoms with E-state index in [1.807, 2.05) is 18.6 Å². The fourth-order valence-corrected chi connectivity index (χ4v) is 2.97. The van der Waals surface area contributed by atoms with Crippen molar-refractivity contribution in [2.24, 2.45) is 0 Å². The molecule has 0 aliphatic rings. The van der Waals surface area contributed by atoms with Gasteiger partial charge in [0.1, 0.15) is 5.82 Å². The molecule has 22 heavy (non-hydrogen) atoms. The molecule has 4 heteroatoms. The maximum atomic E-state index is 4.69. The maximum Gasteiger partial charge on any atom is 0.126 e. The fraction of sp³-hybridized carbons (Fsp3) is 0.333. The van der Waals surface area contributed by atoms with Crippen molar-refractivity contribution in [3.63, 3.8) is 0 Å². The first-order valence-electron chi connectivity index (χ1n) is 7.88. The predicted molar refractivity (Wildman–Crippen MR) is 88.7 cm³/mol. The van der Waals surface area contributed by atoms with Crippen LogP contribution in [0.5, 0.6) is 0 Å². The van der Waals surface area contributed by atoms with Gasteiger partial charge in [-0.3, -0.25) is 0 Å². The Bertz CT molecular complexity index is 698. The quantitative estimate of drug-likeness (QED) is 0.739. The molecule has 0 unspecified atom stereocenters. The van der Waals surface area contributed by atoms with E-state index in [0.29, 0.717) is 5.92 Å². The van der Waals surface area contributed by atoms with Crippen LogP contribution in [0.3, 0.4) is 0 Å². The molecule has 4 nitrogen and oxygen atoms in total. The molecule has 0 aliphatic heterocycles. The van der Waals surface area contributed by atoms with E-state index in [-0.39, 0.29) is 0 Å². The molecule has 2 aromatic heterocycles. The standard InChI is InChI=1S/C18H22N4/c1-3-7-14(2)18-17(15-8-5-4-6-9-15)21-13-22(18)12-16-19-10-11-20-16/h4-6,8-11,13-14H,3,7,12H2,1-2H3,(H,19,20)/t14-/m1/s1. The van der Waals surface area contributed by atoms with E-state index < -0.39 is 0 Å². The summed E-state index contributed by atoms with van der Waals surface area (Å²) in [4.78, 5) is 12.2. The molecule has 0 fully saturated rings. The Labute approximate surface area is 131 Å². The number of benzene rings is 1. The Kier molecular flexibility index (Phi) is 4.37. The number of imidazole rings is 2. The molecular weight excluding hydrogens is 272 g/mol. The second kappa shape index (κ2) is 6.60. The number of hydrogen-bond donors (Lipinski definition) is 1. The van der Waals surface area contributed by atoms with E-state index in [0.717, 1.165) is 24.5 Å².